The number of hydrogen-bond acceptors (Lipinski definition) is 7. The van der Waals surface area contributed by atoms with Gasteiger partial charge in [0.2, 0.25) is 5.95 Å². The number of nitrogens with one attached hydrogen (secondary N) is 2. The molecule has 0 bridgehead atoms. The highest BCUT2D eigenvalue weighted by atomic mass is 19.3. The van der Waals surface area contributed by atoms with Crippen molar-refractivity contribution in [1.82, 2.24) is 29.5 Å². The van der Waals surface area contributed by atoms with Crippen molar-refractivity contribution < 1.29 is 18.6 Å². The number of aryl methyl sites for hydroxylation is 1. The summed E-state index contributed by atoms with van der Waals surface area (Å²) in [6, 6.07) is 3.89. The second-order valence-electron chi connectivity index (χ2n) is 8.57. The van der Waals surface area contributed by atoms with E-state index in [4.69, 9.17) is 9.84 Å². The Balaban J connectivity index is 1.35. The van der Waals surface area contributed by atoms with E-state index in [0.717, 1.165) is 36.6 Å². The van der Waals surface area contributed by atoms with E-state index in [2.05, 4.69) is 30.2 Å². The van der Waals surface area contributed by atoms with E-state index in [0.29, 0.717) is 40.9 Å². The van der Waals surface area contributed by atoms with E-state index in [-0.39, 0.29) is 18.8 Å². The molecule has 4 aromatic heterocycles. The third kappa shape index (κ3) is 4.58. The molecule has 0 spiro atoms. The first kappa shape index (κ1) is 22.6. The van der Waals surface area contributed by atoms with Crippen LogP contribution in [0.3, 0.4) is 0 Å². The number of aromatic nitrogens is 6. The van der Waals surface area contributed by atoms with E-state index >= 15 is 0 Å². The van der Waals surface area contributed by atoms with Gasteiger partial charge in [0.05, 0.1) is 31.6 Å². The van der Waals surface area contributed by atoms with Gasteiger partial charge in [-0.15, -0.1) is 0 Å². The number of imidazole rings is 1. The number of pyridine rings is 1. The van der Waals surface area contributed by atoms with Gasteiger partial charge in [-0.25, -0.2) is 23.7 Å². The van der Waals surface area contributed by atoms with Gasteiger partial charge in [0.25, 0.3) is 6.43 Å². The average molecular weight is 472 g/mol. The molecule has 4 aromatic rings. The van der Waals surface area contributed by atoms with Gasteiger partial charge in [0.15, 0.2) is 5.65 Å². The standard InChI is InChI=1S/C23H27F2N7O2/c1-13-28-19-7-6-18(30-22(19)32(13)12-20(24)25)16-10-26-21-17(16)11-27-23(31-21)29-14-2-4-15(5-3-14)34-9-8-33/h6-7,10-11,14-15,20,33H,2-5,8-9,12H2,1H3,(H2,26,27,29,31). The highest BCUT2D eigenvalue weighted by molar-refractivity contribution is 5.93. The average Bonchev–Trinajstić information content (AvgIpc) is 3.38. The lowest BCUT2D eigenvalue weighted by Gasteiger charge is -2.28. The van der Waals surface area contributed by atoms with Crippen molar-refractivity contribution in [2.45, 2.75) is 57.7 Å². The molecule has 1 aliphatic carbocycles. The number of anilines is 1. The summed E-state index contributed by atoms with van der Waals surface area (Å²) in [4.78, 5) is 21.3. The fraction of sp³-hybridized carbons (Fsp3) is 0.478. The maximum absolute atomic E-state index is 13.0. The molecule has 1 aliphatic rings. The molecule has 3 N–H and O–H groups in total. The van der Waals surface area contributed by atoms with Crippen LogP contribution in [-0.2, 0) is 11.3 Å². The largest absolute Gasteiger partial charge is 0.394 e. The number of ether oxygens (including phenoxy) is 1. The fourth-order valence-electron chi connectivity index (χ4n) is 4.59. The molecule has 11 heteroatoms. The van der Waals surface area contributed by atoms with Gasteiger partial charge in [0, 0.05) is 29.4 Å². The normalized spacial score (nSPS) is 18.9. The smallest absolute Gasteiger partial charge is 0.256 e. The summed E-state index contributed by atoms with van der Waals surface area (Å²) in [7, 11) is 0. The maximum Gasteiger partial charge on any atom is 0.256 e. The van der Waals surface area contributed by atoms with E-state index in [1.807, 2.05) is 12.3 Å². The van der Waals surface area contributed by atoms with Crippen LogP contribution in [-0.4, -0.2) is 66.4 Å². The number of aliphatic hydroxyl groups excluding tert-OH is 1. The van der Waals surface area contributed by atoms with Crippen molar-refractivity contribution in [3.8, 4) is 11.3 Å². The molecule has 1 fully saturated rings. The van der Waals surface area contributed by atoms with Crippen LogP contribution in [0.5, 0.6) is 0 Å². The molecule has 34 heavy (non-hydrogen) atoms. The Labute approximate surface area is 194 Å². The molecule has 1 saturated carbocycles. The summed E-state index contributed by atoms with van der Waals surface area (Å²) < 4.78 is 33.2. The van der Waals surface area contributed by atoms with E-state index in [1.54, 1.807) is 19.2 Å². The first-order valence-electron chi connectivity index (χ1n) is 11.5. The lowest BCUT2D eigenvalue weighted by Crippen LogP contribution is -2.30. The molecule has 0 amide bonds. The lowest BCUT2D eigenvalue weighted by atomic mass is 9.93. The highest BCUT2D eigenvalue weighted by Gasteiger charge is 2.22. The third-order valence-corrected chi connectivity index (χ3v) is 6.26. The van der Waals surface area contributed by atoms with Crippen LogP contribution in [0, 0.1) is 6.92 Å². The van der Waals surface area contributed by atoms with Crippen molar-refractivity contribution in [3.63, 3.8) is 0 Å². The van der Waals surface area contributed by atoms with Crippen LogP contribution in [0.2, 0.25) is 0 Å². The van der Waals surface area contributed by atoms with Gasteiger partial charge < -0.3 is 24.7 Å². The van der Waals surface area contributed by atoms with Crippen LogP contribution >= 0.6 is 0 Å². The minimum absolute atomic E-state index is 0.0481. The summed E-state index contributed by atoms with van der Waals surface area (Å²) >= 11 is 0. The summed E-state index contributed by atoms with van der Waals surface area (Å²) in [5.74, 6) is 1.06. The minimum Gasteiger partial charge on any atom is -0.394 e. The van der Waals surface area contributed by atoms with Gasteiger partial charge in [0.1, 0.15) is 17.0 Å². The van der Waals surface area contributed by atoms with Crippen molar-refractivity contribution >= 4 is 28.1 Å². The Morgan fingerprint density at radius 2 is 2.03 bits per heavy atom. The van der Waals surface area contributed by atoms with Crippen LogP contribution in [0.4, 0.5) is 14.7 Å². The number of alkyl halides is 2. The van der Waals surface area contributed by atoms with E-state index < -0.39 is 13.0 Å². The van der Waals surface area contributed by atoms with Gasteiger partial charge in [-0.05, 0) is 44.7 Å². The van der Waals surface area contributed by atoms with Gasteiger partial charge in [-0.1, -0.05) is 0 Å². The van der Waals surface area contributed by atoms with E-state index in [9.17, 15) is 8.78 Å². The minimum atomic E-state index is -2.49. The first-order valence-corrected chi connectivity index (χ1v) is 11.5. The number of aromatic amines is 1. The Morgan fingerprint density at radius 3 is 2.79 bits per heavy atom. The zero-order valence-corrected chi connectivity index (χ0v) is 18.8. The predicted molar refractivity (Wildman–Crippen MR) is 124 cm³/mol. The zero-order chi connectivity index (χ0) is 23.7. The molecular weight excluding hydrogens is 444 g/mol. The molecular formula is C23H27F2N7O2. The fourth-order valence-corrected chi connectivity index (χ4v) is 4.59. The summed E-state index contributed by atoms with van der Waals surface area (Å²) in [5, 5.41) is 13.1. The molecule has 0 aromatic carbocycles. The summed E-state index contributed by atoms with van der Waals surface area (Å²) in [5.41, 5.74) is 3.13. The second kappa shape index (κ2) is 9.59. The van der Waals surface area contributed by atoms with Crippen molar-refractivity contribution in [3.05, 3.63) is 30.4 Å². The molecule has 0 unspecified atom stereocenters. The maximum atomic E-state index is 13.0. The molecule has 180 valence electrons. The predicted octanol–water partition coefficient (Wildman–Crippen LogP) is 3.68. The van der Waals surface area contributed by atoms with E-state index in [1.165, 1.54) is 4.57 Å². The van der Waals surface area contributed by atoms with Crippen molar-refractivity contribution in [2.75, 3.05) is 18.5 Å². The number of aliphatic hydroxyl groups is 1. The number of hydrogen-bond donors (Lipinski definition) is 3. The van der Waals surface area contributed by atoms with Gasteiger partial charge >= 0.3 is 0 Å². The van der Waals surface area contributed by atoms with Crippen molar-refractivity contribution in [1.29, 1.82) is 0 Å². The van der Waals surface area contributed by atoms with Crippen LogP contribution in [0.15, 0.2) is 24.5 Å². The first-order chi connectivity index (χ1) is 16.5. The van der Waals surface area contributed by atoms with Crippen LogP contribution < -0.4 is 5.32 Å². The molecule has 0 radical (unpaired) electrons. The number of H-pyrrole nitrogens is 1. The molecule has 0 aliphatic heterocycles. The number of halogens is 2. The second-order valence-corrected chi connectivity index (χ2v) is 8.57. The Kier molecular flexibility index (Phi) is 6.38. The topological polar surface area (TPSA) is 114 Å². The third-order valence-electron chi connectivity index (χ3n) is 6.26. The molecule has 0 saturated heterocycles. The summed E-state index contributed by atoms with van der Waals surface area (Å²) in [6.07, 6.45) is 5.03. The zero-order valence-electron chi connectivity index (χ0n) is 18.8. The lowest BCUT2D eigenvalue weighted by molar-refractivity contribution is 0.00719. The molecule has 5 rings (SSSR count). The molecule has 4 heterocycles. The SMILES string of the molecule is Cc1nc2ccc(-c3c[nH]c4nc(NC5CCC(OCCO)CC5)ncc34)nc2n1CC(F)F. The number of fused-ring (bicyclic) bond motifs is 2. The van der Waals surface area contributed by atoms with Crippen LogP contribution in [0.1, 0.15) is 31.5 Å². The van der Waals surface area contributed by atoms with Gasteiger partial charge in [-0.2, -0.15) is 4.98 Å². The number of nitrogens with zero attached hydrogens (tertiary/aromatic N) is 5. The Hall–Kier alpha value is -3.18. The molecule has 0 atom stereocenters. The van der Waals surface area contributed by atoms with Crippen LogP contribution in [0.25, 0.3) is 33.5 Å². The monoisotopic (exact) mass is 471 g/mol. The summed E-state index contributed by atoms with van der Waals surface area (Å²) in [6.45, 7) is 1.69. The van der Waals surface area contributed by atoms with Crippen molar-refractivity contribution in [2.24, 2.45) is 0 Å². The quantitative estimate of drug-likeness (QED) is 0.359. The van der Waals surface area contributed by atoms with Gasteiger partial charge in [-0.3, -0.25) is 0 Å². The number of rotatable bonds is 8. The Bertz CT molecular complexity index is 1280. The highest BCUT2D eigenvalue weighted by Crippen LogP contribution is 2.29. The molecule has 9 nitrogen and oxygen atoms in total. The Morgan fingerprint density at radius 1 is 1.21 bits per heavy atom.